The Bertz CT molecular complexity index is 3900. The van der Waals surface area contributed by atoms with Crippen LogP contribution in [0.15, 0.2) is 203 Å². The minimum absolute atomic E-state index is 0.574. The van der Waals surface area contributed by atoms with Crippen molar-refractivity contribution < 1.29 is 8.83 Å². The quantitative estimate of drug-likeness (QED) is 0.174. The van der Waals surface area contributed by atoms with Gasteiger partial charge in [-0.3, -0.25) is 0 Å². The second kappa shape index (κ2) is 13.1. The van der Waals surface area contributed by atoms with Crippen molar-refractivity contribution in [3.8, 4) is 51.0 Å². The molecule has 0 spiro atoms. The van der Waals surface area contributed by atoms with Crippen LogP contribution in [0.4, 0.5) is 0 Å². The fourth-order valence-corrected chi connectivity index (χ4v) is 9.15. The van der Waals surface area contributed by atoms with E-state index in [0.717, 1.165) is 88.4 Å². The van der Waals surface area contributed by atoms with Gasteiger partial charge in [-0.25, -0.2) is 15.0 Å². The fourth-order valence-electron chi connectivity index (χ4n) is 9.15. The van der Waals surface area contributed by atoms with E-state index in [0.29, 0.717) is 17.5 Å². The Morgan fingerprint density at radius 1 is 0.328 bits per heavy atom. The summed E-state index contributed by atoms with van der Waals surface area (Å²) in [6.07, 6.45) is 0. The molecule has 284 valence electrons. The average molecular weight is 781 g/mol. The zero-order valence-corrected chi connectivity index (χ0v) is 32.6. The van der Waals surface area contributed by atoms with Crippen LogP contribution in [-0.2, 0) is 0 Å². The molecule has 4 heterocycles. The third-order valence-electron chi connectivity index (χ3n) is 12.0. The van der Waals surface area contributed by atoms with Crippen molar-refractivity contribution in [2.75, 3.05) is 0 Å². The minimum atomic E-state index is 0.574. The second-order valence-electron chi connectivity index (χ2n) is 15.6. The van der Waals surface area contributed by atoms with Crippen LogP contribution >= 0.6 is 0 Å². The molecule has 0 radical (unpaired) electrons. The number of hydrogen-bond acceptors (Lipinski definition) is 5. The van der Waals surface area contributed by atoms with Crippen molar-refractivity contribution in [3.63, 3.8) is 0 Å². The van der Waals surface area contributed by atoms with Gasteiger partial charge in [0.1, 0.15) is 22.3 Å². The van der Waals surface area contributed by atoms with Gasteiger partial charge in [0.05, 0.1) is 11.0 Å². The van der Waals surface area contributed by atoms with Crippen molar-refractivity contribution >= 4 is 76.5 Å². The van der Waals surface area contributed by atoms with Crippen LogP contribution in [0.5, 0.6) is 0 Å². The van der Waals surface area contributed by atoms with Crippen LogP contribution in [0.2, 0.25) is 0 Å². The lowest BCUT2D eigenvalue weighted by atomic mass is 9.99. The molecule has 13 aromatic rings. The zero-order chi connectivity index (χ0) is 40.0. The van der Waals surface area contributed by atoms with Gasteiger partial charge in [0.2, 0.25) is 0 Å². The lowest BCUT2D eigenvalue weighted by Gasteiger charge is -2.14. The monoisotopic (exact) mass is 780 g/mol. The predicted molar refractivity (Wildman–Crippen MR) is 248 cm³/mol. The van der Waals surface area contributed by atoms with E-state index in [2.05, 4.69) is 132 Å². The van der Waals surface area contributed by atoms with Crippen molar-refractivity contribution in [1.29, 1.82) is 0 Å². The summed E-state index contributed by atoms with van der Waals surface area (Å²) in [5.74, 6) is 1.76. The smallest absolute Gasteiger partial charge is 0.164 e. The molecule has 0 atom stereocenters. The highest BCUT2D eigenvalue weighted by atomic mass is 16.3. The number of rotatable bonds is 5. The summed E-state index contributed by atoms with van der Waals surface area (Å²) in [7, 11) is 0. The molecular weight excluding hydrogens is 749 g/mol. The Hall–Kier alpha value is -8.35. The molecule has 0 fully saturated rings. The van der Waals surface area contributed by atoms with Gasteiger partial charge in [-0.1, -0.05) is 133 Å². The summed E-state index contributed by atoms with van der Waals surface area (Å²) >= 11 is 0. The molecule has 0 aliphatic carbocycles. The summed E-state index contributed by atoms with van der Waals surface area (Å²) < 4.78 is 15.0. The summed E-state index contributed by atoms with van der Waals surface area (Å²) in [5, 5.41) is 9.08. The van der Waals surface area contributed by atoms with Gasteiger partial charge in [-0.05, 0) is 77.0 Å². The number of hydrogen-bond donors (Lipinski definition) is 0. The average Bonchev–Trinajstić information content (AvgIpc) is 4.00. The van der Waals surface area contributed by atoms with Crippen molar-refractivity contribution in [2.45, 2.75) is 0 Å². The van der Waals surface area contributed by atoms with Crippen molar-refractivity contribution in [3.05, 3.63) is 194 Å². The van der Waals surface area contributed by atoms with E-state index in [1.807, 2.05) is 66.7 Å². The van der Waals surface area contributed by atoms with Crippen LogP contribution < -0.4 is 0 Å². The topological polar surface area (TPSA) is 69.9 Å². The minimum Gasteiger partial charge on any atom is -0.456 e. The fraction of sp³-hybridized carbons (Fsp3) is 0. The molecule has 0 aliphatic rings. The highest BCUT2D eigenvalue weighted by Crippen LogP contribution is 2.42. The van der Waals surface area contributed by atoms with Gasteiger partial charge in [0.15, 0.2) is 17.5 Å². The second-order valence-corrected chi connectivity index (χ2v) is 15.6. The molecule has 0 N–H and O–H groups in total. The molecular formula is C55H32N4O2. The molecule has 0 saturated heterocycles. The summed E-state index contributed by atoms with van der Waals surface area (Å²) in [5.41, 5.74) is 11.5. The maximum absolute atomic E-state index is 6.30. The molecule has 0 bridgehead atoms. The van der Waals surface area contributed by atoms with E-state index >= 15 is 0 Å². The Morgan fingerprint density at radius 3 is 1.70 bits per heavy atom. The van der Waals surface area contributed by atoms with Crippen LogP contribution in [-0.4, -0.2) is 19.5 Å². The van der Waals surface area contributed by atoms with Crippen LogP contribution in [0.1, 0.15) is 0 Å². The van der Waals surface area contributed by atoms with Crippen molar-refractivity contribution in [2.24, 2.45) is 0 Å². The third-order valence-corrected chi connectivity index (χ3v) is 12.0. The highest BCUT2D eigenvalue weighted by molar-refractivity contribution is 6.17. The first-order chi connectivity index (χ1) is 30.2. The summed E-state index contributed by atoms with van der Waals surface area (Å²) in [6.45, 7) is 0. The number of aromatic nitrogens is 4. The molecule has 0 unspecified atom stereocenters. The number of fused-ring (bicyclic) bond motifs is 10. The Kier molecular flexibility index (Phi) is 7.21. The van der Waals surface area contributed by atoms with E-state index < -0.39 is 0 Å². The van der Waals surface area contributed by atoms with Gasteiger partial charge in [0, 0.05) is 60.3 Å². The molecule has 13 rings (SSSR count). The molecule has 6 heteroatoms. The maximum Gasteiger partial charge on any atom is 0.164 e. The SMILES string of the molecule is c1ccc(-c2nc(-c3cccc(-n4c5cc6ccccc6cc5c5cccc(-c6ccc7oc8ccccc8c7c6)c54)c3)nc(-c3ccc4c(c3)oc3ccccc34)n2)cc1. The summed E-state index contributed by atoms with van der Waals surface area (Å²) in [4.78, 5) is 15.4. The molecule has 0 saturated carbocycles. The van der Waals surface area contributed by atoms with Gasteiger partial charge < -0.3 is 13.4 Å². The number of benzene rings is 9. The van der Waals surface area contributed by atoms with E-state index in [1.54, 1.807) is 0 Å². The largest absolute Gasteiger partial charge is 0.456 e. The Labute approximate surface area is 348 Å². The molecule has 4 aromatic heterocycles. The van der Waals surface area contributed by atoms with Crippen LogP contribution in [0, 0.1) is 0 Å². The lowest BCUT2D eigenvalue weighted by molar-refractivity contribution is 0.668. The van der Waals surface area contributed by atoms with Gasteiger partial charge >= 0.3 is 0 Å². The Balaban J connectivity index is 1.04. The van der Waals surface area contributed by atoms with Crippen LogP contribution in [0.3, 0.4) is 0 Å². The molecule has 0 aliphatic heterocycles. The zero-order valence-electron chi connectivity index (χ0n) is 32.6. The number of nitrogens with zero attached hydrogens (tertiary/aromatic N) is 4. The number of furan rings is 2. The van der Waals surface area contributed by atoms with Gasteiger partial charge in [0.25, 0.3) is 0 Å². The van der Waals surface area contributed by atoms with E-state index in [9.17, 15) is 0 Å². The summed E-state index contributed by atoms with van der Waals surface area (Å²) in [6, 6.07) is 67.6. The van der Waals surface area contributed by atoms with E-state index in [4.69, 9.17) is 23.8 Å². The first-order valence-corrected chi connectivity index (χ1v) is 20.4. The molecule has 0 amide bonds. The number of para-hydroxylation sites is 3. The van der Waals surface area contributed by atoms with E-state index in [-0.39, 0.29) is 0 Å². The van der Waals surface area contributed by atoms with Crippen molar-refractivity contribution in [1.82, 2.24) is 19.5 Å². The molecule has 61 heavy (non-hydrogen) atoms. The predicted octanol–water partition coefficient (Wildman–Crippen LogP) is 14.6. The standard InChI is InChI=1S/C55H32N4O2/c1-2-12-33(13-3-1)53-56-54(58-55(57-53)38-24-26-43-41-18-6-8-22-48(41)61-51(43)32-38)37-16-10-17-39(28-37)59-47-31-35-15-5-4-14-34(35)29-45(47)44-21-11-20-40(52(44)59)36-25-27-50-46(30-36)42-19-7-9-23-49(42)60-50/h1-32H. The molecule has 9 aromatic carbocycles. The third kappa shape index (κ3) is 5.32. The lowest BCUT2D eigenvalue weighted by Crippen LogP contribution is -2.01. The molecule has 6 nitrogen and oxygen atoms in total. The maximum atomic E-state index is 6.30. The van der Waals surface area contributed by atoms with Crippen LogP contribution in [0.25, 0.3) is 127 Å². The first-order valence-electron chi connectivity index (χ1n) is 20.4. The van der Waals surface area contributed by atoms with E-state index in [1.165, 1.54) is 21.5 Å². The Morgan fingerprint density at radius 2 is 0.902 bits per heavy atom. The normalized spacial score (nSPS) is 11.9. The van der Waals surface area contributed by atoms with Gasteiger partial charge in [-0.2, -0.15) is 0 Å². The first kappa shape index (κ1) is 33.6. The van der Waals surface area contributed by atoms with Gasteiger partial charge in [-0.15, -0.1) is 0 Å². The highest BCUT2D eigenvalue weighted by Gasteiger charge is 2.20.